The predicted molar refractivity (Wildman–Crippen MR) is 79.1 cm³/mol. The lowest BCUT2D eigenvalue weighted by atomic mass is 10.2. The summed E-state index contributed by atoms with van der Waals surface area (Å²) in [5.41, 5.74) is 4.82. The van der Waals surface area contributed by atoms with Gasteiger partial charge in [-0.15, -0.1) is 0 Å². The molecule has 116 valence electrons. The lowest BCUT2D eigenvalue weighted by molar-refractivity contribution is -0.117. The van der Waals surface area contributed by atoms with Crippen LogP contribution in [-0.2, 0) is 14.6 Å². The molecule has 0 saturated heterocycles. The molecular formula is C12H14BrNO6S. The van der Waals surface area contributed by atoms with E-state index in [-0.39, 0.29) is 35.8 Å². The summed E-state index contributed by atoms with van der Waals surface area (Å²) < 4.78 is 29.0. The molecule has 0 bridgehead atoms. The maximum atomic E-state index is 11.6. The van der Waals surface area contributed by atoms with Crippen molar-refractivity contribution in [2.24, 2.45) is 5.73 Å². The fourth-order valence-corrected chi connectivity index (χ4v) is 2.82. The van der Waals surface area contributed by atoms with Gasteiger partial charge in [0.05, 0.1) is 11.5 Å². The van der Waals surface area contributed by atoms with Crippen LogP contribution in [0.25, 0.3) is 0 Å². The average molecular weight is 380 g/mol. The fourth-order valence-electron chi connectivity index (χ4n) is 1.43. The second-order valence-electron chi connectivity index (χ2n) is 4.16. The molecule has 0 fully saturated rings. The van der Waals surface area contributed by atoms with E-state index in [4.69, 9.17) is 15.6 Å². The Kier molecular flexibility index (Phi) is 6.16. The fraction of sp³-hybridized carbons (Fsp3) is 0.333. The van der Waals surface area contributed by atoms with Gasteiger partial charge in [0, 0.05) is 10.9 Å². The minimum Gasteiger partial charge on any atom is -0.492 e. The topological polar surface area (TPSA) is 124 Å². The Hall–Kier alpha value is -1.61. The zero-order valence-corrected chi connectivity index (χ0v) is 13.3. The monoisotopic (exact) mass is 379 g/mol. The second-order valence-corrected chi connectivity index (χ2v) is 7.38. The Morgan fingerprint density at radius 3 is 2.52 bits per heavy atom. The van der Waals surface area contributed by atoms with Crippen molar-refractivity contribution in [2.45, 2.75) is 6.42 Å². The molecule has 0 saturated carbocycles. The number of carboxylic acids is 1. The summed E-state index contributed by atoms with van der Waals surface area (Å²) in [6.07, 6.45) is -0.250. The van der Waals surface area contributed by atoms with Crippen molar-refractivity contribution in [3.05, 3.63) is 28.2 Å². The largest absolute Gasteiger partial charge is 0.492 e. The van der Waals surface area contributed by atoms with E-state index < -0.39 is 21.7 Å². The molecule has 0 atom stereocenters. The first-order valence-electron chi connectivity index (χ1n) is 5.85. The Morgan fingerprint density at radius 2 is 1.95 bits per heavy atom. The second kappa shape index (κ2) is 7.41. The highest BCUT2D eigenvalue weighted by molar-refractivity contribution is 9.10. The third kappa shape index (κ3) is 6.13. The van der Waals surface area contributed by atoms with Crippen LogP contribution < -0.4 is 10.5 Å². The minimum absolute atomic E-state index is 0.0623. The van der Waals surface area contributed by atoms with E-state index in [0.717, 1.165) is 0 Å². The van der Waals surface area contributed by atoms with Gasteiger partial charge in [-0.1, -0.05) is 15.9 Å². The number of nitrogens with two attached hydrogens (primary N) is 1. The van der Waals surface area contributed by atoms with Crippen LogP contribution in [0.3, 0.4) is 0 Å². The van der Waals surface area contributed by atoms with Crippen molar-refractivity contribution in [1.82, 2.24) is 0 Å². The number of primary amides is 1. The quantitative estimate of drug-likeness (QED) is 0.688. The third-order valence-electron chi connectivity index (χ3n) is 2.49. The Bertz CT molecular complexity index is 643. The Labute approximate surface area is 130 Å². The summed E-state index contributed by atoms with van der Waals surface area (Å²) in [7, 11) is -3.47. The number of carbonyl (C=O) groups excluding carboxylic acids is 1. The molecule has 0 aliphatic carbocycles. The van der Waals surface area contributed by atoms with Crippen molar-refractivity contribution in [2.75, 3.05) is 18.1 Å². The van der Waals surface area contributed by atoms with Gasteiger partial charge < -0.3 is 15.6 Å². The number of ether oxygens (including phenoxy) is 1. The van der Waals surface area contributed by atoms with Gasteiger partial charge in [0.25, 0.3) is 0 Å². The molecular weight excluding hydrogens is 366 g/mol. The van der Waals surface area contributed by atoms with Crippen LogP contribution >= 0.6 is 15.9 Å². The van der Waals surface area contributed by atoms with Crippen LogP contribution in [0, 0.1) is 0 Å². The van der Waals surface area contributed by atoms with E-state index in [1.807, 2.05) is 0 Å². The molecule has 0 radical (unpaired) electrons. The van der Waals surface area contributed by atoms with Crippen molar-refractivity contribution in [3.8, 4) is 5.75 Å². The van der Waals surface area contributed by atoms with E-state index in [9.17, 15) is 18.0 Å². The number of rotatable bonds is 8. The van der Waals surface area contributed by atoms with Gasteiger partial charge in [-0.3, -0.25) is 4.79 Å². The number of aromatic carboxylic acids is 1. The molecule has 1 aromatic carbocycles. The Morgan fingerprint density at radius 1 is 1.29 bits per heavy atom. The van der Waals surface area contributed by atoms with Gasteiger partial charge in [0.15, 0.2) is 9.84 Å². The van der Waals surface area contributed by atoms with Crippen molar-refractivity contribution < 1.29 is 27.9 Å². The van der Waals surface area contributed by atoms with Crippen molar-refractivity contribution >= 4 is 37.6 Å². The van der Waals surface area contributed by atoms with Crippen LogP contribution in [0.5, 0.6) is 5.75 Å². The van der Waals surface area contributed by atoms with E-state index in [0.29, 0.717) is 4.47 Å². The molecule has 1 aromatic rings. The maximum absolute atomic E-state index is 11.6. The lowest BCUT2D eigenvalue weighted by Gasteiger charge is -2.10. The summed E-state index contributed by atoms with van der Waals surface area (Å²) in [5.74, 6) is -2.47. The highest BCUT2D eigenvalue weighted by Gasteiger charge is 2.15. The zero-order chi connectivity index (χ0) is 16.0. The van der Waals surface area contributed by atoms with Gasteiger partial charge >= 0.3 is 5.97 Å². The molecule has 1 amide bonds. The molecule has 21 heavy (non-hydrogen) atoms. The number of hydrogen-bond donors (Lipinski definition) is 2. The highest BCUT2D eigenvalue weighted by atomic mass is 79.9. The molecule has 0 unspecified atom stereocenters. The number of sulfone groups is 1. The van der Waals surface area contributed by atoms with Gasteiger partial charge in [0.2, 0.25) is 5.91 Å². The third-order valence-corrected chi connectivity index (χ3v) is 4.59. The molecule has 9 heteroatoms. The number of amides is 1. The van der Waals surface area contributed by atoms with Crippen LogP contribution in [0.15, 0.2) is 22.7 Å². The van der Waals surface area contributed by atoms with Crippen LogP contribution in [0.4, 0.5) is 0 Å². The molecule has 7 nitrogen and oxygen atoms in total. The zero-order valence-electron chi connectivity index (χ0n) is 10.9. The average Bonchev–Trinajstić information content (AvgIpc) is 2.36. The number of hydrogen-bond acceptors (Lipinski definition) is 5. The number of carbonyl (C=O) groups is 2. The smallest absolute Gasteiger partial charge is 0.339 e. The molecule has 0 spiro atoms. The molecule has 0 aliphatic rings. The van der Waals surface area contributed by atoms with Crippen molar-refractivity contribution in [3.63, 3.8) is 0 Å². The molecule has 0 aromatic heterocycles. The van der Waals surface area contributed by atoms with E-state index in [1.54, 1.807) is 6.07 Å². The van der Waals surface area contributed by atoms with Gasteiger partial charge in [-0.2, -0.15) is 0 Å². The summed E-state index contributed by atoms with van der Waals surface area (Å²) in [6.45, 7) is -0.210. The van der Waals surface area contributed by atoms with Crippen LogP contribution in [0.2, 0.25) is 0 Å². The Balaban J connectivity index is 2.66. The molecule has 3 N–H and O–H groups in total. The van der Waals surface area contributed by atoms with Gasteiger partial charge in [0.1, 0.15) is 17.9 Å². The number of benzene rings is 1. The molecule has 1 rings (SSSR count). The van der Waals surface area contributed by atoms with E-state index in [2.05, 4.69) is 15.9 Å². The lowest BCUT2D eigenvalue weighted by Crippen LogP contribution is -2.22. The van der Waals surface area contributed by atoms with Crippen molar-refractivity contribution in [1.29, 1.82) is 0 Å². The summed E-state index contributed by atoms with van der Waals surface area (Å²) in [6, 6.07) is 4.34. The first-order valence-corrected chi connectivity index (χ1v) is 8.47. The van der Waals surface area contributed by atoms with E-state index >= 15 is 0 Å². The number of halogens is 1. The van der Waals surface area contributed by atoms with Gasteiger partial charge in [-0.05, 0) is 18.2 Å². The van der Waals surface area contributed by atoms with Gasteiger partial charge in [-0.25, -0.2) is 13.2 Å². The predicted octanol–water partition coefficient (Wildman–Crippen LogP) is 0.816. The normalized spacial score (nSPS) is 11.1. The first-order chi connectivity index (χ1) is 9.71. The number of carboxylic acid groups (broad SMARTS) is 1. The standard InChI is InChI=1S/C12H14BrNO6S/c13-8-1-2-9(12(16)17)10(7-8)20-4-6-21(18,19)5-3-11(14)15/h1-2,7H,3-6H2,(H2,14,15)(H,16,17). The summed E-state index contributed by atoms with van der Waals surface area (Å²) in [5, 5.41) is 9.00. The van der Waals surface area contributed by atoms with Crippen LogP contribution in [-0.4, -0.2) is 43.5 Å². The van der Waals surface area contributed by atoms with Crippen LogP contribution in [0.1, 0.15) is 16.8 Å². The molecule has 0 aliphatic heterocycles. The minimum atomic E-state index is -3.47. The SMILES string of the molecule is NC(=O)CCS(=O)(=O)CCOc1cc(Br)ccc1C(=O)O. The molecule has 0 heterocycles. The highest BCUT2D eigenvalue weighted by Crippen LogP contribution is 2.23. The summed E-state index contributed by atoms with van der Waals surface area (Å²) >= 11 is 3.18. The maximum Gasteiger partial charge on any atom is 0.339 e. The van der Waals surface area contributed by atoms with E-state index in [1.165, 1.54) is 12.1 Å². The summed E-state index contributed by atoms with van der Waals surface area (Å²) in [4.78, 5) is 21.6. The first kappa shape index (κ1) is 17.4.